The molecule has 0 aliphatic rings. The molecule has 10 aromatic carbocycles. The van der Waals surface area contributed by atoms with Gasteiger partial charge in [0.25, 0.3) is 0 Å². The van der Waals surface area contributed by atoms with E-state index in [1.54, 1.807) is 0 Å². The largest absolute Gasteiger partial charge is 0.310 e. The van der Waals surface area contributed by atoms with Crippen molar-refractivity contribution in [1.29, 1.82) is 0 Å². The van der Waals surface area contributed by atoms with Crippen LogP contribution in [-0.4, -0.2) is 0 Å². The van der Waals surface area contributed by atoms with E-state index < -0.39 is 0 Å². The van der Waals surface area contributed by atoms with Crippen LogP contribution in [0, 0.1) is 0 Å². The molecule has 0 aliphatic carbocycles. The molecule has 1 heteroatoms. The van der Waals surface area contributed by atoms with Gasteiger partial charge >= 0.3 is 0 Å². The Balaban J connectivity index is 1.01. The molecule has 0 saturated carbocycles. The standard InChI is InChI=1S/C52H35N/c1-2-15-41(16-3-1)53(52-23-9-8-19-51(52)46-21-10-14-38-12-4-6-17-43(38)46)42-31-28-37(29-32-42)36-24-26-40(27-25-36)45-20-11-22-47-48(45)34-35-49-44-18-7-5-13-39(44)30-33-50(47)49/h1-35H. The molecule has 0 aliphatic heterocycles. The topological polar surface area (TPSA) is 3.24 Å². The predicted molar refractivity (Wildman–Crippen MR) is 227 cm³/mol. The normalized spacial score (nSPS) is 11.4. The van der Waals surface area contributed by atoms with E-state index in [0.717, 1.165) is 17.1 Å². The zero-order chi connectivity index (χ0) is 35.1. The van der Waals surface area contributed by atoms with Gasteiger partial charge in [-0.3, -0.25) is 0 Å². The fraction of sp³-hybridized carbons (Fsp3) is 0. The van der Waals surface area contributed by atoms with Crippen LogP contribution in [0.5, 0.6) is 0 Å². The molecule has 0 radical (unpaired) electrons. The number of para-hydroxylation sites is 2. The van der Waals surface area contributed by atoms with E-state index in [-0.39, 0.29) is 0 Å². The van der Waals surface area contributed by atoms with Crippen molar-refractivity contribution in [2.45, 2.75) is 0 Å². The minimum Gasteiger partial charge on any atom is -0.310 e. The summed E-state index contributed by atoms with van der Waals surface area (Å²) in [7, 11) is 0. The quantitative estimate of drug-likeness (QED) is 0.159. The molecule has 53 heavy (non-hydrogen) atoms. The molecule has 0 unspecified atom stereocenters. The number of nitrogens with zero attached hydrogens (tertiary/aromatic N) is 1. The zero-order valence-electron chi connectivity index (χ0n) is 29.2. The van der Waals surface area contributed by atoms with Gasteiger partial charge in [-0.05, 0) is 101 Å². The molecule has 248 valence electrons. The lowest BCUT2D eigenvalue weighted by Gasteiger charge is -2.28. The maximum atomic E-state index is 2.37. The summed E-state index contributed by atoms with van der Waals surface area (Å²) in [5.74, 6) is 0. The summed E-state index contributed by atoms with van der Waals surface area (Å²) in [5.41, 5.74) is 10.6. The summed E-state index contributed by atoms with van der Waals surface area (Å²) in [6.07, 6.45) is 0. The Morgan fingerprint density at radius 2 is 0.698 bits per heavy atom. The van der Waals surface area contributed by atoms with Crippen molar-refractivity contribution < 1.29 is 0 Å². The van der Waals surface area contributed by atoms with Crippen molar-refractivity contribution in [2.24, 2.45) is 0 Å². The van der Waals surface area contributed by atoms with E-state index in [1.807, 2.05) is 0 Å². The molecule has 0 atom stereocenters. The minimum atomic E-state index is 1.11. The monoisotopic (exact) mass is 673 g/mol. The van der Waals surface area contributed by atoms with Crippen molar-refractivity contribution in [3.8, 4) is 33.4 Å². The van der Waals surface area contributed by atoms with Gasteiger partial charge in [0.05, 0.1) is 5.69 Å². The Labute approximate surface area is 309 Å². The average Bonchev–Trinajstić information content (AvgIpc) is 3.24. The molecule has 10 rings (SSSR count). The van der Waals surface area contributed by atoms with E-state index in [2.05, 4.69) is 217 Å². The first-order chi connectivity index (χ1) is 26.3. The van der Waals surface area contributed by atoms with Crippen LogP contribution in [0.15, 0.2) is 212 Å². The Morgan fingerprint density at radius 3 is 1.51 bits per heavy atom. The third kappa shape index (κ3) is 5.42. The number of fused-ring (bicyclic) bond motifs is 6. The molecule has 0 saturated heterocycles. The number of hydrogen-bond donors (Lipinski definition) is 0. The number of hydrogen-bond acceptors (Lipinski definition) is 1. The van der Waals surface area contributed by atoms with Gasteiger partial charge in [-0.15, -0.1) is 0 Å². The number of rotatable bonds is 6. The van der Waals surface area contributed by atoms with Crippen LogP contribution in [0.25, 0.3) is 76.5 Å². The first kappa shape index (κ1) is 30.8. The Hall–Kier alpha value is -6.96. The van der Waals surface area contributed by atoms with Crippen LogP contribution in [0.4, 0.5) is 17.1 Å². The van der Waals surface area contributed by atoms with Gasteiger partial charge in [-0.2, -0.15) is 0 Å². The first-order valence-corrected chi connectivity index (χ1v) is 18.3. The third-order valence-corrected chi connectivity index (χ3v) is 10.7. The van der Waals surface area contributed by atoms with Gasteiger partial charge < -0.3 is 4.90 Å². The SMILES string of the molecule is c1ccc(N(c2ccc(-c3ccc(-c4cccc5c4ccc4c6ccccc6ccc54)cc3)cc2)c2ccccc2-c2cccc3ccccc23)cc1. The maximum Gasteiger partial charge on any atom is 0.0540 e. The molecule has 0 fully saturated rings. The second-order valence-corrected chi connectivity index (χ2v) is 13.7. The maximum absolute atomic E-state index is 2.37. The van der Waals surface area contributed by atoms with E-state index in [1.165, 1.54) is 76.5 Å². The van der Waals surface area contributed by atoms with Gasteiger partial charge in [0.15, 0.2) is 0 Å². The molecule has 0 bridgehead atoms. The van der Waals surface area contributed by atoms with Crippen LogP contribution in [0.3, 0.4) is 0 Å². The second-order valence-electron chi connectivity index (χ2n) is 13.7. The van der Waals surface area contributed by atoms with Crippen LogP contribution in [-0.2, 0) is 0 Å². The minimum absolute atomic E-state index is 1.11. The summed E-state index contributed by atoms with van der Waals surface area (Å²) in [6, 6.07) is 77.1. The second kappa shape index (κ2) is 13.0. The predicted octanol–water partition coefficient (Wildman–Crippen LogP) is 14.8. The average molecular weight is 674 g/mol. The highest BCUT2D eigenvalue weighted by atomic mass is 15.1. The van der Waals surface area contributed by atoms with Gasteiger partial charge in [-0.1, -0.05) is 182 Å². The van der Waals surface area contributed by atoms with Crippen molar-refractivity contribution in [3.63, 3.8) is 0 Å². The summed E-state index contributed by atoms with van der Waals surface area (Å²) in [4.78, 5) is 2.37. The third-order valence-electron chi connectivity index (χ3n) is 10.7. The molecular formula is C52H35N. The molecule has 0 aromatic heterocycles. The van der Waals surface area contributed by atoms with E-state index in [0.29, 0.717) is 0 Å². The van der Waals surface area contributed by atoms with Gasteiger partial charge in [0.2, 0.25) is 0 Å². The molecule has 0 heterocycles. The molecule has 0 N–H and O–H groups in total. The number of benzene rings is 10. The lowest BCUT2D eigenvalue weighted by Crippen LogP contribution is -2.11. The highest BCUT2D eigenvalue weighted by Crippen LogP contribution is 2.43. The van der Waals surface area contributed by atoms with E-state index in [9.17, 15) is 0 Å². The Kier molecular flexibility index (Phi) is 7.55. The fourth-order valence-corrected chi connectivity index (χ4v) is 8.11. The van der Waals surface area contributed by atoms with Gasteiger partial charge in [-0.25, -0.2) is 0 Å². The highest BCUT2D eigenvalue weighted by Gasteiger charge is 2.18. The van der Waals surface area contributed by atoms with Gasteiger partial charge in [0.1, 0.15) is 0 Å². The van der Waals surface area contributed by atoms with Crippen LogP contribution in [0.1, 0.15) is 0 Å². The van der Waals surface area contributed by atoms with Crippen LogP contribution >= 0.6 is 0 Å². The summed E-state index contributed by atoms with van der Waals surface area (Å²) < 4.78 is 0. The lowest BCUT2D eigenvalue weighted by atomic mass is 9.92. The fourth-order valence-electron chi connectivity index (χ4n) is 8.11. The molecule has 0 spiro atoms. The lowest BCUT2D eigenvalue weighted by molar-refractivity contribution is 1.28. The molecule has 10 aromatic rings. The van der Waals surface area contributed by atoms with Crippen molar-refractivity contribution in [2.75, 3.05) is 4.90 Å². The molecule has 1 nitrogen and oxygen atoms in total. The smallest absolute Gasteiger partial charge is 0.0540 e. The first-order valence-electron chi connectivity index (χ1n) is 18.3. The van der Waals surface area contributed by atoms with Crippen molar-refractivity contribution in [3.05, 3.63) is 212 Å². The zero-order valence-corrected chi connectivity index (χ0v) is 29.2. The summed E-state index contributed by atoms with van der Waals surface area (Å²) in [5, 5.41) is 10.2. The van der Waals surface area contributed by atoms with E-state index in [4.69, 9.17) is 0 Å². The molecular weight excluding hydrogens is 639 g/mol. The Morgan fingerprint density at radius 1 is 0.226 bits per heavy atom. The van der Waals surface area contributed by atoms with Crippen LogP contribution in [0.2, 0.25) is 0 Å². The summed E-state index contributed by atoms with van der Waals surface area (Å²) >= 11 is 0. The Bertz CT molecular complexity index is 2920. The van der Waals surface area contributed by atoms with Crippen LogP contribution < -0.4 is 4.90 Å². The highest BCUT2D eigenvalue weighted by molar-refractivity contribution is 6.19. The molecule has 0 amide bonds. The van der Waals surface area contributed by atoms with Gasteiger partial charge in [0, 0.05) is 16.9 Å². The summed E-state index contributed by atoms with van der Waals surface area (Å²) in [6.45, 7) is 0. The van der Waals surface area contributed by atoms with Crippen molar-refractivity contribution in [1.82, 2.24) is 0 Å². The number of anilines is 3. The van der Waals surface area contributed by atoms with Crippen molar-refractivity contribution >= 4 is 60.2 Å². The van der Waals surface area contributed by atoms with E-state index >= 15 is 0 Å².